The fourth-order valence-electron chi connectivity index (χ4n) is 4.58. The molecule has 3 heterocycles. The summed E-state index contributed by atoms with van der Waals surface area (Å²) in [4.78, 5) is 27.6. The van der Waals surface area contributed by atoms with Crippen LogP contribution < -0.4 is 15.5 Å². The van der Waals surface area contributed by atoms with Gasteiger partial charge in [-0.15, -0.1) is 0 Å². The summed E-state index contributed by atoms with van der Waals surface area (Å²) in [6, 6.07) is 9.88. The minimum absolute atomic E-state index is 0.00952. The van der Waals surface area contributed by atoms with Crippen molar-refractivity contribution in [1.82, 2.24) is 20.4 Å². The van der Waals surface area contributed by atoms with Crippen molar-refractivity contribution in [1.29, 1.82) is 5.26 Å². The number of nitrogens with one attached hydrogen (secondary N) is 2. The van der Waals surface area contributed by atoms with E-state index in [1.807, 2.05) is 0 Å². The largest absolute Gasteiger partial charge is 0.416 e. The smallest absolute Gasteiger partial charge is 0.352 e. The molecule has 8 nitrogen and oxygen atoms in total. The number of urea groups is 1. The average Bonchev–Trinajstić information content (AvgIpc) is 3.29. The van der Waals surface area contributed by atoms with Gasteiger partial charge in [0.2, 0.25) is 0 Å². The number of nitriles is 1. The van der Waals surface area contributed by atoms with E-state index < -0.39 is 29.7 Å². The van der Waals surface area contributed by atoms with Gasteiger partial charge in [0.05, 0.1) is 40.7 Å². The zero-order valence-corrected chi connectivity index (χ0v) is 18.9. The maximum absolute atomic E-state index is 13.4. The van der Waals surface area contributed by atoms with E-state index in [2.05, 4.69) is 21.8 Å². The van der Waals surface area contributed by atoms with Crippen LogP contribution in [0.5, 0.6) is 0 Å². The van der Waals surface area contributed by atoms with Gasteiger partial charge in [-0.25, -0.2) is 4.79 Å². The number of anilines is 1. The number of alkyl halides is 3. The van der Waals surface area contributed by atoms with E-state index in [0.29, 0.717) is 28.0 Å². The van der Waals surface area contributed by atoms with Crippen LogP contribution in [0.1, 0.15) is 29.2 Å². The topological polar surface area (TPSA) is 103 Å². The number of carbonyl (C=O) groups excluding carboxylic acids is 2. The predicted octanol–water partition coefficient (Wildman–Crippen LogP) is 4.02. The first-order chi connectivity index (χ1) is 17.2. The number of benzene rings is 2. The lowest BCUT2D eigenvalue weighted by atomic mass is 9.86. The van der Waals surface area contributed by atoms with Crippen LogP contribution in [0.4, 0.5) is 23.7 Å². The highest BCUT2D eigenvalue weighted by Gasteiger charge is 2.41. The van der Waals surface area contributed by atoms with Crippen molar-refractivity contribution < 1.29 is 22.8 Å². The summed E-state index contributed by atoms with van der Waals surface area (Å²) < 4.78 is 41.7. The quantitative estimate of drug-likeness (QED) is 0.576. The Morgan fingerprint density at radius 2 is 1.97 bits per heavy atom. The first-order valence-corrected chi connectivity index (χ1v) is 11.0. The Morgan fingerprint density at radius 3 is 2.67 bits per heavy atom. The molecule has 2 aromatic carbocycles. The van der Waals surface area contributed by atoms with Gasteiger partial charge in [-0.3, -0.25) is 14.4 Å². The number of rotatable bonds is 3. The molecule has 2 aliphatic rings. The molecule has 3 amide bonds. The van der Waals surface area contributed by atoms with Crippen LogP contribution in [0.3, 0.4) is 0 Å². The Hall–Kier alpha value is -4.59. The number of aryl methyl sites for hydroxylation is 1. The fourth-order valence-corrected chi connectivity index (χ4v) is 4.58. The average molecular weight is 492 g/mol. The minimum Gasteiger partial charge on any atom is -0.352 e. The molecule has 0 bridgehead atoms. The molecule has 1 unspecified atom stereocenters. The molecule has 2 N–H and O–H groups in total. The normalized spacial score (nSPS) is 17.9. The van der Waals surface area contributed by atoms with Crippen molar-refractivity contribution in [3.05, 3.63) is 82.8 Å². The molecule has 0 fully saturated rings. The van der Waals surface area contributed by atoms with Gasteiger partial charge in [-0.1, -0.05) is 12.1 Å². The molecule has 36 heavy (non-hydrogen) atoms. The Kier molecular flexibility index (Phi) is 5.51. The van der Waals surface area contributed by atoms with Crippen LogP contribution in [0.2, 0.25) is 0 Å². The van der Waals surface area contributed by atoms with Crippen molar-refractivity contribution >= 4 is 17.6 Å². The van der Waals surface area contributed by atoms with Gasteiger partial charge >= 0.3 is 12.2 Å². The Balaban J connectivity index is 1.68. The summed E-state index contributed by atoms with van der Waals surface area (Å²) in [6.07, 6.45) is -0.988. The summed E-state index contributed by atoms with van der Waals surface area (Å²) >= 11 is 0. The monoisotopic (exact) mass is 492 g/mol. The van der Waals surface area contributed by atoms with Crippen molar-refractivity contribution in [2.24, 2.45) is 7.05 Å². The number of hydrogen-bond donors (Lipinski definition) is 2. The predicted molar refractivity (Wildman–Crippen MR) is 123 cm³/mol. The number of hydrogen-bond acceptors (Lipinski definition) is 4. The van der Waals surface area contributed by atoms with Crippen LogP contribution in [0, 0.1) is 11.3 Å². The Morgan fingerprint density at radius 1 is 1.17 bits per heavy atom. The maximum Gasteiger partial charge on any atom is 0.416 e. The lowest BCUT2D eigenvalue weighted by Crippen LogP contribution is -2.52. The maximum atomic E-state index is 13.4. The van der Waals surface area contributed by atoms with E-state index in [0.717, 1.165) is 17.0 Å². The number of carbonyl (C=O) groups is 2. The van der Waals surface area contributed by atoms with Gasteiger partial charge in [-0.2, -0.15) is 23.5 Å². The van der Waals surface area contributed by atoms with Gasteiger partial charge in [0.25, 0.3) is 5.91 Å². The molecule has 0 spiro atoms. The van der Waals surface area contributed by atoms with Gasteiger partial charge < -0.3 is 10.6 Å². The number of nitrogens with zero attached hydrogens (tertiary/aromatic N) is 4. The van der Waals surface area contributed by atoms with E-state index in [1.165, 1.54) is 12.1 Å². The summed E-state index contributed by atoms with van der Waals surface area (Å²) in [5.74, 6) is -0.431. The van der Waals surface area contributed by atoms with E-state index in [1.54, 1.807) is 42.3 Å². The molecule has 5 rings (SSSR count). The zero-order chi connectivity index (χ0) is 25.6. The summed E-state index contributed by atoms with van der Waals surface area (Å²) in [5, 5.41) is 19.2. The second-order valence-corrected chi connectivity index (χ2v) is 8.45. The van der Waals surface area contributed by atoms with Crippen LogP contribution in [0.15, 0.2) is 66.1 Å². The number of amides is 3. The molecule has 11 heteroatoms. The first-order valence-electron chi connectivity index (χ1n) is 11.0. The SMILES string of the molecule is Cn1cc(-c2cc(C#N)ccc2C2NC(=O)N(c3cccc(C(F)(F)F)c3)C3=C2C(=O)NCC3)cn1. The lowest BCUT2D eigenvalue weighted by Gasteiger charge is -2.39. The van der Waals surface area contributed by atoms with Crippen molar-refractivity contribution in [2.75, 3.05) is 11.4 Å². The third kappa shape index (κ3) is 3.96. The van der Waals surface area contributed by atoms with E-state index in [4.69, 9.17) is 0 Å². The molecule has 182 valence electrons. The molecule has 0 aliphatic carbocycles. The number of halogens is 3. The van der Waals surface area contributed by atoms with Crippen LogP contribution in [0.25, 0.3) is 11.1 Å². The van der Waals surface area contributed by atoms with Crippen molar-refractivity contribution in [3.8, 4) is 17.2 Å². The Labute approximate surface area is 203 Å². The van der Waals surface area contributed by atoms with Gasteiger partial charge in [0, 0.05) is 37.5 Å². The minimum atomic E-state index is -4.59. The molecule has 0 saturated carbocycles. The van der Waals surface area contributed by atoms with Crippen LogP contribution in [-0.4, -0.2) is 28.3 Å². The Bertz CT molecular complexity index is 1470. The van der Waals surface area contributed by atoms with E-state index in [9.17, 15) is 28.0 Å². The van der Waals surface area contributed by atoms with Gasteiger partial charge in [0.15, 0.2) is 0 Å². The third-order valence-corrected chi connectivity index (χ3v) is 6.17. The zero-order valence-electron chi connectivity index (χ0n) is 18.9. The third-order valence-electron chi connectivity index (χ3n) is 6.17. The molecule has 0 saturated heterocycles. The first kappa shape index (κ1) is 23.2. The standard InChI is InChI=1S/C25H19F3N6O2/c1-33-13-15(12-31-33)19-9-14(11-29)5-6-18(19)22-21-20(7-8-30-23(21)35)34(24(36)32-22)17-4-2-3-16(10-17)25(26,27)28/h2-6,9-10,12-13,22H,7-8H2,1H3,(H,30,35)(H,32,36). The van der Waals surface area contributed by atoms with Gasteiger partial charge in [-0.05, 0) is 41.5 Å². The molecule has 2 aliphatic heterocycles. The molecule has 1 atom stereocenters. The fraction of sp³-hybridized carbons (Fsp3) is 0.200. The summed E-state index contributed by atoms with van der Waals surface area (Å²) in [5.41, 5.74) is 1.89. The van der Waals surface area contributed by atoms with Crippen LogP contribution >= 0.6 is 0 Å². The highest BCUT2D eigenvalue weighted by atomic mass is 19.4. The highest BCUT2D eigenvalue weighted by molar-refractivity contribution is 6.06. The van der Waals surface area contributed by atoms with E-state index in [-0.39, 0.29) is 24.2 Å². The van der Waals surface area contributed by atoms with E-state index >= 15 is 0 Å². The molecular weight excluding hydrogens is 473 g/mol. The summed E-state index contributed by atoms with van der Waals surface area (Å²) in [7, 11) is 1.74. The van der Waals surface area contributed by atoms with Crippen LogP contribution in [-0.2, 0) is 18.0 Å². The lowest BCUT2D eigenvalue weighted by molar-refractivity contribution is -0.137. The highest BCUT2D eigenvalue weighted by Crippen LogP contribution is 2.41. The molecule has 0 radical (unpaired) electrons. The molecular formula is C25H19F3N6O2. The second-order valence-electron chi connectivity index (χ2n) is 8.45. The van der Waals surface area contributed by atoms with Crippen molar-refractivity contribution in [3.63, 3.8) is 0 Å². The molecule has 3 aromatic rings. The molecule has 1 aromatic heterocycles. The second kappa shape index (κ2) is 8.57. The van der Waals surface area contributed by atoms with Crippen molar-refractivity contribution in [2.45, 2.75) is 18.6 Å². The van der Waals surface area contributed by atoms with Gasteiger partial charge in [0.1, 0.15) is 0 Å². The summed E-state index contributed by atoms with van der Waals surface area (Å²) in [6.45, 7) is 0.232. The number of aromatic nitrogens is 2.